The van der Waals surface area contributed by atoms with Crippen molar-refractivity contribution in [2.24, 2.45) is 0 Å². The highest BCUT2D eigenvalue weighted by atomic mass is 16.5. The molecule has 0 unspecified atom stereocenters. The maximum absolute atomic E-state index is 12.0. The van der Waals surface area contributed by atoms with Crippen LogP contribution in [0.5, 0.6) is 5.75 Å². The lowest BCUT2D eigenvalue weighted by Crippen LogP contribution is -2.20. The minimum Gasteiger partial charge on any atom is -0.484 e. The number of anilines is 1. The number of rotatable bonds is 5. The second kappa shape index (κ2) is 7.70. The number of ether oxygens (including phenoxy) is 1. The Morgan fingerprint density at radius 1 is 0.815 bits per heavy atom. The topological polar surface area (TPSA) is 51.2 Å². The van der Waals surface area contributed by atoms with E-state index >= 15 is 0 Å². The summed E-state index contributed by atoms with van der Waals surface area (Å²) in [7, 11) is 0. The molecule has 0 aliphatic carbocycles. The van der Waals surface area contributed by atoms with Crippen molar-refractivity contribution >= 4 is 22.5 Å². The summed E-state index contributed by atoms with van der Waals surface area (Å²) in [5.41, 5.74) is 3.59. The zero-order valence-electron chi connectivity index (χ0n) is 14.6. The normalized spacial score (nSPS) is 10.5. The average molecular weight is 354 g/mol. The van der Waals surface area contributed by atoms with Crippen LogP contribution in [0.1, 0.15) is 0 Å². The summed E-state index contributed by atoms with van der Waals surface area (Å²) in [4.78, 5) is 16.7. The maximum atomic E-state index is 12.0. The fourth-order valence-corrected chi connectivity index (χ4v) is 2.81. The standard InChI is InChI=1S/C23H18N2O2/c26-23(16-27-20-7-2-1-3-8-20)24-19-13-10-18(11-14-19)22-15-12-17-6-4-5-9-21(17)25-22/h1-15H,16H2,(H,24,26). The van der Waals surface area contributed by atoms with Gasteiger partial charge >= 0.3 is 0 Å². The smallest absolute Gasteiger partial charge is 0.262 e. The van der Waals surface area contributed by atoms with E-state index in [4.69, 9.17) is 9.72 Å². The van der Waals surface area contributed by atoms with Crippen LogP contribution >= 0.6 is 0 Å². The number of carbonyl (C=O) groups is 1. The third-order valence-corrected chi connectivity index (χ3v) is 4.18. The molecule has 132 valence electrons. The molecular formula is C23H18N2O2. The highest BCUT2D eigenvalue weighted by Crippen LogP contribution is 2.22. The molecule has 0 aliphatic rings. The van der Waals surface area contributed by atoms with E-state index in [9.17, 15) is 4.79 Å². The van der Waals surface area contributed by atoms with Gasteiger partial charge in [0.15, 0.2) is 6.61 Å². The Balaban J connectivity index is 1.41. The SMILES string of the molecule is O=C(COc1ccccc1)Nc1ccc(-c2ccc3ccccc3n2)cc1. The van der Waals surface area contributed by atoms with E-state index in [1.807, 2.05) is 84.9 Å². The van der Waals surface area contributed by atoms with E-state index in [0.717, 1.165) is 27.8 Å². The lowest BCUT2D eigenvalue weighted by molar-refractivity contribution is -0.118. The average Bonchev–Trinajstić information content (AvgIpc) is 2.73. The van der Waals surface area contributed by atoms with E-state index in [0.29, 0.717) is 5.75 Å². The summed E-state index contributed by atoms with van der Waals surface area (Å²) in [5, 5.41) is 3.95. The van der Waals surface area contributed by atoms with Crippen molar-refractivity contribution in [2.75, 3.05) is 11.9 Å². The number of hydrogen-bond acceptors (Lipinski definition) is 3. The molecule has 0 bridgehead atoms. The van der Waals surface area contributed by atoms with Gasteiger partial charge in [-0.05, 0) is 36.4 Å². The molecule has 0 spiro atoms. The lowest BCUT2D eigenvalue weighted by atomic mass is 10.1. The third-order valence-electron chi connectivity index (χ3n) is 4.18. The summed E-state index contributed by atoms with van der Waals surface area (Å²) in [6.45, 7) is -0.0298. The Morgan fingerprint density at radius 3 is 2.37 bits per heavy atom. The first-order valence-electron chi connectivity index (χ1n) is 8.72. The highest BCUT2D eigenvalue weighted by Gasteiger charge is 2.05. The number of hydrogen-bond donors (Lipinski definition) is 1. The number of fused-ring (bicyclic) bond motifs is 1. The lowest BCUT2D eigenvalue weighted by Gasteiger charge is -2.08. The minimum atomic E-state index is -0.199. The number of benzene rings is 3. The van der Waals surface area contributed by atoms with Crippen LogP contribution in [0.25, 0.3) is 22.2 Å². The first-order chi connectivity index (χ1) is 13.3. The number of aromatic nitrogens is 1. The predicted octanol–water partition coefficient (Wildman–Crippen LogP) is 4.92. The molecule has 0 saturated heterocycles. The molecule has 1 N–H and O–H groups in total. The van der Waals surface area contributed by atoms with Crippen LogP contribution < -0.4 is 10.1 Å². The molecular weight excluding hydrogens is 336 g/mol. The van der Waals surface area contributed by atoms with Crippen molar-refractivity contribution in [1.82, 2.24) is 4.98 Å². The zero-order chi connectivity index (χ0) is 18.5. The van der Waals surface area contributed by atoms with Gasteiger partial charge in [-0.1, -0.05) is 54.6 Å². The van der Waals surface area contributed by atoms with Crippen LogP contribution in [0.2, 0.25) is 0 Å². The van der Waals surface area contributed by atoms with Gasteiger partial charge in [0.25, 0.3) is 5.91 Å². The molecule has 0 fully saturated rings. The highest BCUT2D eigenvalue weighted by molar-refractivity contribution is 5.92. The molecule has 27 heavy (non-hydrogen) atoms. The Hall–Kier alpha value is -3.66. The second-order valence-electron chi connectivity index (χ2n) is 6.12. The summed E-state index contributed by atoms with van der Waals surface area (Å²) in [5.74, 6) is 0.473. The molecule has 1 aromatic heterocycles. The zero-order valence-corrected chi connectivity index (χ0v) is 14.6. The van der Waals surface area contributed by atoms with Crippen LogP contribution in [0, 0.1) is 0 Å². The molecule has 4 nitrogen and oxygen atoms in total. The summed E-state index contributed by atoms with van der Waals surface area (Å²) in [6, 6.07) is 29.0. The Labute approximate surface area is 157 Å². The van der Waals surface area contributed by atoms with Crippen molar-refractivity contribution in [2.45, 2.75) is 0 Å². The summed E-state index contributed by atoms with van der Waals surface area (Å²) >= 11 is 0. The third kappa shape index (κ3) is 4.12. The number of pyridine rings is 1. The van der Waals surface area contributed by atoms with Gasteiger partial charge in [0, 0.05) is 16.6 Å². The van der Waals surface area contributed by atoms with Gasteiger partial charge in [-0.25, -0.2) is 4.98 Å². The Morgan fingerprint density at radius 2 is 1.56 bits per heavy atom. The van der Waals surface area contributed by atoms with E-state index in [-0.39, 0.29) is 12.5 Å². The second-order valence-corrected chi connectivity index (χ2v) is 6.12. The maximum Gasteiger partial charge on any atom is 0.262 e. The fraction of sp³-hybridized carbons (Fsp3) is 0.0435. The van der Waals surface area contributed by atoms with Gasteiger partial charge in [-0.2, -0.15) is 0 Å². The van der Waals surface area contributed by atoms with E-state index < -0.39 is 0 Å². The Kier molecular flexibility index (Phi) is 4.79. The first kappa shape index (κ1) is 16.8. The first-order valence-corrected chi connectivity index (χ1v) is 8.72. The summed E-state index contributed by atoms with van der Waals surface area (Å²) in [6.07, 6.45) is 0. The van der Waals surface area contributed by atoms with Gasteiger partial charge in [0.05, 0.1) is 11.2 Å². The van der Waals surface area contributed by atoms with Gasteiger partial charge in [0.1, 0.15) is 5.75 Å². The van der Waals surface area contributed by atoms with Crippen molar-refractivity contribution in [1.29, 1.82) is 0 Å². The fourth-order valence-electron chi connectivity index (χ4n) is 2.81. The van der Waals surface area contributed by atoms with Crippen molar-refractivity contribution < 1.29 is 9.53 Å². The number of amides is 1. The number of carbonyl (C=O) groups excluding carboxylic acids is 1. The molecule has 1 heterocycles. The van der Waals surface area contributed by atoms with Gasteiger partial charge in [-0.3, -0.25) is 4.79 Å². The van der Waals surface area contributed by atoms with Gasteiger partial charge in [0.2, 0.25) is 0 Å². The van der Waals surface area contributed by atoms with E-state index in [1.165, 1.54) is 0 Å². The van der Waals surface area contributed by atoms with Crippen LogP contribution in [0.3, 0.4) is 0 Å². The quantitative estimate of drug-likeness (QED) is 0.553. The Bertz CT molecular complexity index is 1060. The van der Waals surface area contributed by atoms with Crippen LogP contribution in [-0.4, -0.2) is 17.5 Å². The number of nitrogens with zero attached hydrogens (tertiary/aromatic N) is 1. The minimum absolute atomic E-state index is 0.0298. The monoisotopic (exact) mass is 354 g/mol. The number of para-hydroxylation sites is 2. The van der Waals surface area contributed by atoms with E-state index in [2.05, 4.69) is 11.4 Å². The van der Waals surface area contributed by atoms with Crippen LogP contribution in [0.15, 0.2) is 91.0 Å². The predicted molar refractivity (Wildman–Crippen MR) is 108 cm³/mol. The largest absolute Gasteiger partial charge is 0.484 e. The van der Waals surface area contributed by atoms with Crippen molar-refractivity contribution in [3.8, 4) is 17.0 Å². The van der Waals surface area contributed by atoms with Gasteiger partial charge in [-0.15, -0.1) is 0 Å². The number of nitrogens with one attached hydrogen (secondary N) is 1. The molecule has 0 saturated carbocycles. The molecule has 0 radical (unpaired) electrons. The molecule has 0 atom stereocenters. The molecule has 4 rings (SSSR count). The molecule has 1 amide bonds. The van der Waals surface area contributed by atoms with Gasteiger partial charge < -0.3 is 10.1 Å². The van der Waals surface area contributed by atoms with Crippen LogP contribution in [-0.2, 0) is 4.79 Å². The molecule has 4 heteroatoms. The summed E-state index contributed by atoms with van der Waals surface area (Å²) < 4.78 is 5.45. The van der Waals surface area contributed by atoms with E-state index in [1.54, 1.807) is 0 Å². The van der Waals surface area contributed by atoms with Crippen LogP contribution in [0.4, 0.5) is 5.69 Å². The molecule has 4 aromatic rings. The van der Waals surface area contributed by atoms with Crippen molar-refractivity contribution in [3.05, 3.63) is 91.0 Å². The molecule has 3 aromatic carbocycles. The van der Waals surface area contributed by atoms with Crippen molar-refractivity contribution in [3.63, 3.8) is 0 Å². The molecule has 0 aliphatic heterocycles.